The molecule has 0 unspecified atom stereocenters. The number of fused-ring (bicyclic) bond motifs is 1. The van der Waals surface area contributed by atoms with Crippen molar-refractivity contribution in [2.45, 2.75) is 37.5 Å². The number of nitrogens with one attached hydrogen (secondary N) is 1. The van der Waals surface area contributed by atoms with Gasteiger partial charge in [0.2, 0.25) is 11.9 Å². The number of aromatic nitrogens is 4. The van der Waals surface area contributed by atoms with Crippen LogP contribution in [0.15, 0.2) is 17.2 Å². The molecule has 2 fully saturated rings. The summed E-state index contributed by atoms with van der Waals surface area (Å²) in [6.07, 6.45) is -1.03. The van der Waals surface area contributed by atoms with Crippen molar-refractivity contribution in [3.63, 3.8) is 0 Å². The number of carbonyl (C=O) groups is 1. The number of amides is 1. The second-order valence-corrected chi connectivity index (χ2v) is 8.53. The molecule has 10 nitrogen and oxygen atoms in total. The first-order valence-corrected chi connectivity index (χ1v) is 11.1. The molecule has 2 aromatic rings. The normalized spacial score (nSPS) is 20.6. The van der Waals surface area contributed by atoms with Crippen molar-refractivity contribution < 1.29 is 27.4 Å². The van der Waals surface area contributed by atoms with E-state index in [1.807, 2.05) is 0 Å². The highest BCUT2D eigenvalue weighted by molar-refractivity contribution is 5.77. The molecular weight excluding hydrogens is 457 g/mol. The van der Waals surface area contributed by atoms with Crippen LogP contribution < -0.4 is 15.2 Å². The second kappa shape index (κ2) is 8.85. The lowest BCUT2D eigenvalue weighted by molar-refractivity contribution is -0.139. The van der Waals surface area contributed by atoms with Crippen LogP contribution in [0.1, 0.15) is 48.1 Å². The lowest BCUT2D eigenvalue weighted by Crippen LogP contribution is -2.50. The van der Waals surface area contributed by atoms with Gasteiger partial charge in [-0.25, -0.2) is 15.1 Å². The van der Waals surface area contributed by atoms with E-state index in [0.717, 1.165) is 25.2 Å². The Labute approximate surface area is 192 Å². The molecule has 13 heteroatoms. The van der Waals surface area contributed by atoms with E-state index in [0.29, 0.717) is 56.2 Å². The molecule has 0 bridgehead atoms. The smallest absolute Gasteiger partial charge is 0.419 e. The van der Waals surface area contributed by atoms with E-state index in [9.17, 15) is 22.8 Å². The Morgan fingerprint density at radius 1 is 1.15 bits per heavy atom. The zero-order chi connectivity index (χ0) is 23.9. The maximum atomic E-state index is 12.7. The minimum Gasteiger partial charge on any atom is -0.491 e. The van der Waals surface area contributed by atoms with Crippen molar-refractivity contribution in [1.82, 2.24) is 25.1 Å². The van der Waals surface area contributed by atoms with Gasteiger partial charge >= 0.3 is 6.18 Å². The van der Waals surface area contributed by atoms with Gasteiger partial charge in [0.25, 0.3) is 5.56 Å². The van der Waals surface area contributed by atoms with Gasteiger partial charge < -0.3 is 19.3 Å². The maximum absolute atomic E-state index is 12.7. The predicted octanol–water partition coefficient (Wildman–Crippen LogP) is 1.65. The third-order valence-corrected chi connectivity index (χ3v) is 6.21. The van der Waals surface area contributed by atoms with E-state index in [2.05, 4.69) is 20.2 Å². The van der Waals surface area contributed by atoms with Crippen LogP contribution in [0.25, 0.3) is 0 Å². The fraction of sp³-hybridized carbons (Fsp3) is 0.571. The number of alkyl halides is 3. The lowest BCUT2D eigenvalue weighted by Gasteiger charge is -2.35. The number of carbonyl (C=O) groups excluding carboxylic acids is 1. The fourth-order valence-electron chi connectivity index (χ4n) is 4.19. The molecular formula is C21H23F3N6O4. The second-order valence-electron chi connectivity index (χ2n) is 8.53. The first-order chi connectivity index (χ1) is 16.3. The van der Waals surface area contributed by atoms with Crippen molar-refractivity contribution in [2.75, 3.05) is 44.3 Å². The summed E-state index contributed by atoms with van der Waals surface area (Å²) >= 11 is 0. The van der Waals surface area contributed by atoms with Gasteiger partial charge in [0.1, 0.15) is 18.4 Å². The zero-order valence-electron chi connectivity index (χ0n) is 18.2. The maximum Gasteiger partial charge on any atom is 0.419 e. The molecule has 1 N–H and O–H groups in total. The van der Waals surface area contributed by atoms with Gasteiger partial charge in [-0.15, -0.1) is 0 Å². The summed E-state index contributed by atoms with van der Waals surface area (Å²) in [5, 5.41) is 6.64. The molecule has 4 heterocycles. The summed E-state index contributed by atoms with van der Waals surface area (Å²) in [6, 6.07) is 0. The number of hydrogen-bond donors (Lipinski definition) is 1. The fourth-order valence-corrected chi connectivity index (χ4v) is 4.19. The van der Waals surface area contributed by atoms with E-state index >= 15 is 0 Å². The van der Waals surface area contributed by atoms with Crippen LogP contribution in [0, 0.1) is 0 Å². The summed E-state index contributed by atoms with van der Waals surface area (Å²) in [5.74, 6) is 0.667. The summed E-state index contributed by atoms with van der Waals surface area (Å²) in [7, 11) is 0. The first kappa shape index (κ1) is 22.6. The molecule has 34 heavy (non-hydrogen) atoms. The molecule has 5 rings (SSSR count). The number of H-pyrrole nitrogens is 1. The Balaban J connectivity index is 1.16. The van der Waals surface area contributed by atoms with E-state index in [1.165, 1.54) is 0 Å². The largest absolute Gasteiger partial charge is 0.491 e. The van der Waals surface area contributed by atoms with Gasteiger partial charge in [0.05, 0.1) is 17.7 Å². The molecule has 1 amide bonds. The van der Waals surface area contributed by atoms with Crippen LogP contribution in [-0.2, 0) is 15.7 Å². The van der Waals surface area contributed by atoms with Gasteiger partial charge in [0.15, 0.2) is 5.75 Å². The highest BCUT2D eigenvalue weighted by atomic mass is 19.4. The van der Waals surface area contributed by atoms with Crippen LogP contribution in [0.3, 0.4) is 0 Å². The van der Waals surface area contributed by atoms with Crippen LogP contribution in [-0.4, -0.2) is 70.4 Å². The number of piperazine rings is 1. The Kier molecular flexibility index (Phi) is 5.88. The van der Waals surface area contributed by atoms with Gasteiger partial charge in [-0.2, -0.15) is 18.3 Å². The number of nitrogens with zero attached hydrogens (tertiary/aromatic N) is 5. The number of rotatable bonds is 5. The number of halogens is 3. The monoisotopic (exact) mass is 480 g/mol. The molecule has 2 aliphatic heterocycles. The summed E-state index contributed by atoms with van der Waals surface area (Å²) in [5.41, 5.74) is -0.0105. The molecule has 1 atom stereocenters. The molecule has 182 valence electrons. The van der Waals surface area contributed by atoms with Crippen LogP contribution in [0.5, 0.6) is 5.75 Å². The summed E-state index contributed by atoms with van der Waals surface area (Å²) in [6.45, 7) is 1.75. The molecule has 3 aliphatic rings. The lowest BCUT2D eigenvalue weighted by atomic mass is 10.0. The highest BCUT2D eigenvalue weighted by Crippen LogP contribution is 2.45. The molecule has 1 aliphatic carbocycles. The minimum absolute atomic E-state index is 0.152. The summed E-state index contributed by atoms with van der Waals surface area (Å²) < 4.78 is 49.7. The number of ether oxygens (including phenoxy) is 2. The van der Waals surface area contributed by atoms with Crippen LogP contribution in [0.2, 0.25) is 0 Å². The zero-order valence-corrected chi connectivity index (χ0v) is 18.2. The van der Waals surface area contributed by atoms with Crippen LogP contribution >= 0.6 is 0 Å². The van der Waals surface area contributed by atoms with E-state index in [1.54, 1.807) is 9.80 Å². The summed E-state index contributed by atoms with van der Waals surface area (Å²) in [4.78, 5) is 35.9. The van der Waals surface area contributed by atoms with Gasteiger partial charge in [-0.05, 0) is 18.8 Å². The van der Waals surface area contributed by atoms with Crippen molar-refractivity contribution in [3.05, 3.63) is 39.6 Å². The van der Waals surface area contributed by atoms with Crippen molar-refractivity contribution >= 4 is 11.9 Å². The third-order valence-electron chi connectivity index (χ3n) is 6.21. The Morgan fingerprint density at radius 3 is 2.50 bits per heavy atom. The molecule has 2 aromatic heterocycles. The van der Waals surface area contributed by atoms with E-state index in [4.69, 9.17) is 9.47 Å². The molecule has 0 radical (unpaired) electrons. The average molecular weight is 480 g/mol. The molecule has 1 saturated heterocycles. The van der Waals surface area contributed by atoms with Crippen molar-refractivity contribution in [1.29, 1.82) is 0 Å². The topological polar surface area (TPSA) is 114 Å². The number of hydrogen-bond acceptors (Lipinski definition) is 8. The Morgan fingerprint density at radius 2 is 1.85 bits per heavy atom. The van der Waals surface area contributed by atoms with Crippen LogP contribution in [0.4, 0.5) is 19.1 Å². The van der Waals surface area contributed by atoms with E-state index in [-0.39, 0.29) is 29.9 Å². The van der Waals surface area contributed by atoms with Gasteiger partial charge in [-0.1, -0.05) is 0 Å². The van der Waals surface area contributed by atoms with Gasteiger partial charge in [0, 0.05) is 45.0 Å². The number of anilines is 1. The average Bonchev–Trinajstić information content (AvgIpc) is 3.67. The minimum atomic E-state index is -4.49. The Bertz CT molecular complexity index is 1110. The highest BCUT2D eigenvalue weighted by Gasteiger charge is 2.36. The van der Waals surface area contributed by atoms with Crippen molar-refractivity contribution in [2.24, 2.45) is 0 Å². The Hall–Kier alpha value is -3.22. The molecule has 1 saturated carbocycles. The SMILES string of the molecule is O=C(CO[C@H]1CCOc2c1n[nH]c(=O)c2C1CC1)N1CCN(c2ncc(C(F)(F)F)cn2)CC1. The van der Waals surface area contributed by atoms with Gasteiger partial charge in [-0.3, -0.25) is 9.59 Å². The number of aromatic amines is 1. The molecule has 0 spiro atoms. The third kappa shape index (κ3) is 4.56. The van der Waals surface area contributed by atoms with E-state index < -0.39 is 17.8 Å². The molecule has 0 aromatic carbocycles. The van der Waals surface area contributed by atoms with Crippen molar-refractivity contribution in [3.8, 4) is 5.75 Å². The standard InChI is InChI=1S/C21H23F3N6O4/c22-21(23,24)13-9-25-20(26-10-13)30-6-4-29(5-7-30)15(31)11-34-14-3-8-33-18-16(12-1-2-12)19(32)28-27-17(14)18/h9-10,12,14H,1-8,11H2,(H,28,32)/t14-/m0/s1. The quantitative estimate of drug-likeness (QED) is 0.687. The predicted molar refractivity (Wildman–Crippen MR) is 111 cm³/mol. The first-order valence-electron chi connectivity index (χ1n) is 11.1.